The number of aliphatic hydroxyl groups excluding tert-OH is 3. The minimum absolute atomic E-state index is 0.0654. The van der Waals surface area contributed by atoms with Crippen molar-refractivity contribution in [3.8, 4) is 0 Å². The Balaban J connectivity index is 2.12. The van der Waals surface area contributed by atoms with Crippen LogP contribution >= 0.6 is 0 Å². The molecule has 0 spiro atoms. The van der Waals surface area contributed by atoms with E-state index in [1.807, 2.05) is 0 Å². The van der Waals surface area contributed by atoms with E-state index in [-0.39, 0.29) is 19.6 Å². The first-order chi connectivity index (χ1) is 11.6. The van der Waals surface area contributed by atoms with Crippen molar-refractivity contribution < 1.29 is 29.6 Å². The number of aliphatic hydroxyl groups is 3. The summed E-state index contributed by atoms with van der Waals surface area (Å²) >= 11 is 0. The van der Waals surface area contributed by atoms with Gasteiger partial charge in [-0.3, -0.25) is 4.79 Å². The van der Waals surface area contributed by atoms with Gasteiger partial charge in [-0.2, -0.15) is 0 Å². The number of rotatable bonds is 11. The zero-order valence-electron chi connectivity index (χ0n) is 14.9. The van der Waals surface area contributed by atoms with E-state index in [4.69, 9.17) is 9.47 Å². The van der Waals surface area contributed by atoms with Gasteiger partial charge in [0.15, 0.2) is 6.10 Å². The maximum atomic E-state index is 11.9. The first-order valence-electron chi connectivity index (χ1n) is 9.37. The van der Waals surface area contributed by atoms with Gasteiger partial charge < -0.3 is 24.8 Å². The Morgan fingerprint density at radius 2 is 1.46 bits per heavy atom. The Kier molecular flexibility index (Phi) is 11.2. The molecule has 1 saturated heterocycles. The van der Waals surface area contributed by atoms with Gasteiger partial charge in [0, 0.05) is 6.42 Å². The van der Waals surface area contributed by atoms with E-state index in [0.29, 0.717) is 0 Å². The van der Waals surface area contributed by atoms with Crippen molar-refractivity contribution in [2.45, 2.75) is 95.5 Å². The zero-order chi connectivity index (χ0) is 17.8. The molecule has 1 fully saturated rings. The molecule has 0 radical (unpaired) electrons. The van der Waals surface area contributed by atoms with Crippen LogP contribution in [-0.2, 0) is 14.3 Å². The average Bonchev–Trinajstić information content (AvgIpc) is 2.67. The number of carbonyl (C=O) groups is 1. The standard InChI is InChI=1S/C18H34O6/c1-2-3-4-5-6-7-8-9-10-11-16(21)24-18-15(20)13-23-12-14(19)17(18)22/h14-15,17-20,22H,2-13H2,1H3/t14-,15-,17-,18-/m1/s1. The van der Waals surface area contributed by atoms with E-state index in [2.05, 4.69) is 6.92 Å². The average molecular weight is 346 g/mol. The predicted octanol–water partition coefficient (Wildman–Crippen LogP) is 1.93. The summed E-state index contributed by atoms with van der Waals surface area (Å²) in [5.41, 5.74) is 0. The minimum Gasteiger partial charge on any atom is -0.457 e. The summed E-state index contributed by atoms with van der Waals surface area (Å²) in [5.74, 6) is -0.449. The molecule has 6 heteroatoms. The van der Waals surface area contributed by atoms with Crippen molar-refractivity contribution in [3.63, 3.8) is 0 Å². The second kappa shape index (κ2) is 12.6. The van der Waals surface area contributed by atoms with Crippen molar-refractivity contribution in [2.24, 2.45) is 0 Å². The quantitative estimate of drug-likeness (QED) is 0.391. The highest BCUT2D eigenvalue weighted by atomic mass is 16.6. The molecule has 0 bridgehead atoms. The van der Waals surface area contributed by atoms with Crippen LogP contribution in [0, 0.1) is 0 Å². The molecule has 0 saturated carbocycles. The summed E-state index contributed by atoms with van der Waals surface area (Å²) < 4.78 is 10.2. The van der Waals surface area contributed by atoms with Crippen molar-refractivity contribution in [2.75, 3.05) is 13.2 Å². The number of unbranched alkanes of at least 4 members (excludes halogenated alkanes) is 8. The number of esters is 1. The van der Waals surface area contributed by atoms with Crippen LogP contribution in [0.2, 0.25) is 0 Å². The van der Waals surface area contributed by atoms with Crippen molar-refractivity contribution in [1.29, 1.82) is 0 Å². The number of ether oxygens (including phenoxy) is 2. The largest absolute Gasteiger partial charge is 0.457 e. The van der Waals surface area contributed by atoms with E-state index in [0.717, 1.165) is 19.3 Å². The van der Waals surface area contributed by atoms with Gasteiger partial charge in [-0.05, 0) is 6.42 Å². The van der Waals surface area contributed by atoms with E-state index in [9.17, 15) is 20.1 Å². The normalized spacial score (nSPS) is 27.7. The molecule has 142 valence electrons. The topological polar surface area (TPSA) is 96.2 Å². The fraction of sp³-hybridized carbons (Fsp3) is 0.944. The number of hydrogen-bond donors (Lipinski definition) is 3. The molecular formula is C18H34O6. The lowest BCUT2D eigenvalue weighted by Crippen LogP contribution is -2.46. The Bertz CT molecular complexity index is 335. The monoisotopic (exact) mass is 346 g/mol. The lowest BCUT2D eigenvalue weighted by Gasteiger charge is -2.26. The molecule has 0 aromatic heterocycles. The summed E-state index contributed by atoms with van der Waals surface area (Å²) in [6, 6.07) is 0. The molecule has 3 N–H and O–H groups in total. The highest BCUT2D eigenvalue weighted by Crippen LogP contribution is 2.16. The summed E-state index contributed by atoms with van der Waals surface area (Å²) in [6.07, 6.45) is 5.98. The summed E-state index contributed by atoms with van der Waals surface area (Å²) in [6.45, 7) is 2.06. The second-order valence-electron chi connectivity index (χ2n) is 6.70. The molecule has 0 unspecified atom stereocenters. The minimum atomic E-state index is -1.32. The van der Waals surface area contributed by atoms with Crippen LogP contribution < -0.4 is 0 Å². The maximum Gasteiger partial charge on any atom is 0.306 e. The molecule has 0 aromatic rings. The van der Waals surface area contributed by atoms with E-state index in [1.165, 1.54) is 38.5 Å². The van der Waals surface area contributed by atoms with E-state index < -0.39 is 30.4 Å². The molecule has 6 nitrogen and oxygen atoms in total. The van der Waals surface area contributed by atoms with Crippen molar-refractivity contribution in [1.82, 2.24) is 0 Å². The molecule has 1 rings (SSSR count). The SMILES string of the molecule is CCCCCCCCCCCC(=O)O[C@H]1[C@H](O)[C@H](O)COC[C@H]1O. The van der Waals surface area contributed by atoms with Crippen LogP contribution in [0.5, 0.6) is 0 Å². The first-order valence-corrected chi connectivity index (χ1v) is 9.37. The molecule has 4 atom stereocenters. The van der Waals surface area contributed by atoms with Gasteiger partial charge in [-0.15, -0.1) is 0 Å². The Morgan fingerprint density at radius 1 is 0.917 bits per heavy atom. The zero-order valence-corrected chi connectivity index (χ0v) is 14.9. The molecule has 0 aliphatic carbocycles. The van der Waals surface area contributed by atoms with Crippen molar-refractivity contribution >= 4 is 5.97 Å². The molecule has 1 heterocycles. The van der Waals surface area contributed by atoms with Crippen LogP contribution in [0.25, 0.3) is 0 Å². The molecule has 0 amide bonds. The van der Waals surface area contributed by atoms with E-state index in [1.54, 1.807) is 0 Å². The van der Waals surface area contributed by atoms with Gasteiger partial charge >= 0.3 is 5.97 Å². The lowest BCUT2D eigenvalue weighted by molar-refractivity contribution is -0.169. The fourth-order valence-corrected chi connectivity index (χ4v) is 2.89. The molecule has 1 aliphatic heterocycles. The maximum absolute atomic E-state index is 11.9. The molecule has 0 aromatic carbocycles. The summed E-state index contributed by atoms with van der Waals surface area (Å²) in [5, 5.41) is 29.4. The summed E-state index contributed by atoms with van der Waals surface area (Å²) in [4.78, 5) is 11.9. The molecular weight excluding hydrogens is 312 g/mol. The third-order valence-corrected chi connectivity index (χ3v) is 4.44. The summed E-state index contributed by atoms with van der Waals surface area (Å²) in [7, 11) is 0. The molecule has 24 heavy (non-hydrogen) atoms. The fourth-order valence-electron chi connectivity index (χ4n) is 2.89. The third-order valence-electron chi connectivity index (χ3n) is 4.44. The van der Waals surface area contributed by atoms with Gasteiger partial charge in [0.25, 0.3) is 0 Å². The Hall–Kier alpha value is -0.690. The lowest BCUT2D eigenvalue weighted by atomic mass is 10.0. The van der Waals surface area contributed by atoms with Gasteiger partial charge in [0.1, 0.15) is 18.3 Å². The Labute approximate surface area is 145 Å². The highest BCUT2D eigenvalue weighted by Gasteiger charge is 2.38. The second-order valence-corrected chi connectivity index (χ2v) is 6.70. The van der Waals surface area contributed by atoms with Crippen LogP contribution in [0.3, 0.4) is 0 Å². The van der Waals surface area contributed by atoms with Gasteiger partial charge in [-0.1, -0.05) is 58.3 Å². The third kappa shape index (κ3) is 8.42. The van der Waals surface area contributed by atoms with Crippen LogP contribution in [0.1, 0.15) is 71.1 Å². The highest BCUT2D eigenvalue weighted by molar-refractivity contribution is 5.69. The van der Waals surface area contributed by atoms with Crippen molar-refractivity contribution in [3.05, 3.63) is 0 Å². The first kappa shape index (κ1) is 21.4. The van der Waals surface area contributed by atoms with Crippen LogP contribution in [0.4, 0.5) is 0 Å². The smallest absolute Gasteiger partial charge is 0.306 e. The van der Waals surface area contributed by atoms with Gasteiger partial charge in [0.2, 0.25) is 0 Å². The number of hydrogen-bond acceptors (Lipinski definition) is 6. The van der Waals surface area contributed by atoms with Gasteiger partial charge in [-0.25, -0.2) is 0 Å². The number of carbonyl (C=O) groups excluding carboxylic acids is 1. The predicted molar refractivity (Wildman–Crippen MR) is 90.6 cm³/mol. The van der Waals surface area contributed by atoms with Crippen LogP contribution in [0.15, 0.2) is 0 Å². The Morgan fingerprint density at radius 3 is 2.08 bits per heavy atom. The van der Waals surface area contributed by atoms with Crippen LogP contribution in [-0.4, -0.2) is 58.9 Å². The van der Waals surface area contributed by atoms with Gasteiger partial charge in [0.05, 0.1) is 13.2 Å². The molecule has 1 aliphatic rings. The van der Waals surface area contributed by atoms with E-state index >= 15 is 0 Å².